The van der Waals surface area contributed by atoms with Gasteiger partial charge in [-0.15, -0.1) is 0 Å². The Bertz CT molecular complexity index is 1190. The van der Waals surface area contributed by atoms with Gasteiger partial charge in [0.15, 0.2) is 0 Å². The number of hydrogen-bond acceptors (Lipinski definition) is 7. The molecular formula is C32H43N3O7. The first-order chi connectivity index (χ1) is 19.8. The third-order valence-corrected chi connectivity index (χ3v) is 6.07. The summed E-state index contributed by atoms with van der Waals surface area (Å²) in [6.45, 7) is 10.6. The lowest BCUT2D eigenvalue weighted by Crippen LogP contribution is -2.56. The molecule has 0 aliphatic heterocycles. The van der Waals surface area contributed by atoms with Crippen LogP contribution in [0.2, 0.25) is 0 Å². The van der Waals surface area contributed by atoms with Crippen LogP contribution in [-0.4, -0.2) is 53.4 Å². The van der Waals surface area contributed by atoms with E-state index in [-0.39, 0.29) is 31.8 Å². The van der Waals surface area contributed by atoms with Crippen molar-refractivity contribution in [3.63, 3.8) is 0 Å². The molecule has 3 atom stereocenters. The van der Waals surface area contributed by atoms with Crippen LogP contribution in [0.1, 0.15) is 65.5 Å². The summed E-state index contributed by atoms with van der Waals surface area (Å²) in [5, 5.41) is 7.66. The third kappa shape index (κ3) is 12.1. The number of ether oxygens (including phenoxy) is 2. The van der Waals surface area contributed by atoms with Crippen LogP contribution in [0.15, 0.2) is 60.7 Å². The minimum atomic E-state index is -1.18. The first kappa shape index (κ1) is 34.0. The maximum atomic E-state index is 13.3. The molecule has 3 N–H and O–H groups in total. The second-order valence-corrected chi connectivity index (χ2v) is 11.5. The number of carbonyl (C=O) groups is 5. The fourth-order valence-corrected chi connectivity index (χ4v) is 4.04. The van der Waals surface area contributed by atoms with Gasteiger partial charge in [0, 0.05) is 6.42 Å². The van der Waals surface area contributed by atoms with E-state index < -0.39 is 53.4 Å². The van der Waals surface area contributed by atoms with E-state index in [1.165, 1.54) is 0 Å². The summed E-state index contributed by atoms with van der Waals surface area (Å²) >= 11 is 0. The van der Waals surface area contributed by atoms with Crippen molar-refractivity contribution in [1.82, 2.24) is 16.0 Å². The lowest BCUT2D eigenvalue weighted by molar-refractivity contribution is -0.159. The molecule has 1 unspecified atom stereocenters. The summed E-state index contributed by atoms with van der Waals surface area (Å²) in [5.41, 5.74) is 0.776. The SMILES string of the molecule is CCC(NC(=O)[C@@H](Cc1ccccc1)NC(=O)OCc1ccccc1)C(=O)C(=O)N[C@H](CC(C)C)C(=O)OC(C)(C)C. The minimum absolute atomic E-state index is 0.0117. The number of ketones is 1. The van der Waals surface area contributed by atoms with Crippen LogP contribution in [0, 0.1) is 5.92 Å². The number of carbonyl (C=O) groups excluding carboxylic acids is 5. The lowest BCUT2D eigenvalue weighted by Gasteiger charge is -2.26. The van der Waals surface area contributed by atoms with Gasteiger partial charge in [0.1, 0.15) is 24.3 Å². The van der Waals surface area contributed by atoms with Gasteiger partial charge in [-0.2, -0.15) is 0 Å². The second-order valence-electron chi connectivity index (χ2n) is 11.5. The van der Waals surface area contributed by atoms with Crippen molar-refractivity contribution < 1.29 is 33.4 Å². The van der Waals surface area contributed by atoms with Crippen molar-refractivity contribution in [2.24, 2.45) is 5.92 Å². The van der Waals surface area contributed by atoms with E-state index in [9.17, 15) is 24.0 Å². The Morgan fingerprint density at radius 1 is 0.762 bits per heavy atom. The molecule has 0 radical (unpaired) electrons. The predicted octanol–water partition coefficient (Wildman–Crippen LogP) is 3.86. The van der Waals surface area contributed by atoms with Gasteiger partial charge in [0.25, 0.3) is 5.91 Å². The molecule has 10 nitrogen and oxygen atoms in total. The maximum absolute atomic E-state index is 13.3. The molecule has 0 aliphatic carbocycles. The molecule has 2 aromatic rings. The Labute approximate surface area is 247 Å². The number of Topliss-reactive ketones (excluding diaryl/α,β-unsaturated/α-hetero) is 1. The highest BCUT2D eigenvalue weighted by atomic mass is 16.6. The number of nitrogens with one attached hydrogen (secondary N) is 3. The van der Waals surface area contributed by atoms with Crippen LogP contribution in [0.25, 0.3) is 0 Å². The van der Waals surface area contributed by atoms with Crippen molar-refractivity contribution >= 4 is 29.7 Å². The molecule has 0 saturated carbocycles. The molecule has 42 heavy (non-hydrogen) atoms. The molecule has 0 spiro atoms. The van der Waals surface area contributed by atoms with Gasteiger partial charge < -0.3 is 25.4 Å². The maximum Gasteiger partial charge on any atom is 0.408 e. The van der Waals surface area contributed by atoms with Gasteiger partial charge in [0.05, 0.1) is 6.04 Å². The minimum Gasteiger partial charge on any atom is -0.458 e. The van der Waals surface area contributed by atoms with Gasteiger partial charge in [-0.25, -0.2) is 9.59 Å². The molecule has 0 saturated heterocycles. The average Bonchev–Trinajstić information content (AvgIpc) is 2.93. The van der Waals surface area contributed by atoms with E-state index in [0.717, 1.165) is 11.1 Å². The van der Waals surface area contributed by atoms with Crippen LogP contribution < -0.4 is 16.0 Å². The highest BCUT2D eigenvalue weighted by Gasteiger charge is 2.33. The van der Waals surface area contributed by atoms with Gasteiger partial charge in [-0.1, -0.05) is 81.4 Å². The molecule has 3 amide bonds. The van der Waals surface area contributed by atoms with E-state index in [1.807, 2.05) is 38.1 Å². The van der Waals surface area contributed by atoms with E-state index in [2.05, 4.69) is 16.0 Å². The van der Waals surface area contributed by atoms with Crippen molar-refractivity contribution in [2.45, 2.75) is 91.1 Å². The summed E-state index contributed by atoms with van der Waals surface area (Å²) in [6, 6.07) is 14.8. The molecule has 0 aliphatic rings. The standard InChI is InChI=1S/C32H43N3O7/c1-7-24(27(36)29(38)34-26(18-21(2)3)30(39)42-32(4,5)6)33-28(37)25(19-22-14-10-8-11-15-22)35-31(40)41-20-23-16-12-9-13-17-23/h8-17,21,24-26H,7,18-20H2,1-6H3,(H,33,37)(H,34,38)(H,35,40)/t24?,25-,26-/m1/s1. The van der Waals surface area contributed by atoms with E-state index in [0.29, 0.717) is 0 Å². The fraction of sp³-hybridized carbons (Fsp3) is 0.469. The topological polar surface area (TPSA) is 140 Å². The Morgan fingerprint density at radius 3 is 1.86 bits per heavy atom. The zero-order chi connectivity index (χ0) is 31.3. The van der Waals surface area contributed by atoms with Crippen molar-refractivity contribution in [1.29, 1.82) is 0 Å². The smallest absolute Gasteiger partial charge is 0.408 e. The van der Waals surface area contributed by atoms with Crippen LogP contribution in [0.4, 0.5) is 4.79 Å². The lowest BCUT2D eigenvalue weighted by atomic mass is 10.0. The van der Waals surface area contributed by atoms with Crippen molar-refractivity contribution in [3.8, 4) is 0 Å². The fourth-order valence-electron chi connectivity index (χ4n) is 4.04. The summed E-state index contributed by atoms with van der Waals surface area (Å²) < 4.78 is 10.7. The van der Waals surface area contributed by atoms with Crippen LogP contribution in [-0.2, 0) is 41.7 Å². The predicted molar refractivity (Wildman–Crippen MR) is 158 cm³/mol. The first-order valence-corrected chi connectivity index (χ1v) is 14.2. The number of esters is 1. The normalized spacial score (nSPS) is 13.3. The van der Waals surface area contributed by atoms with E-state index >= 15 is 0 Å². The molecule has 0 bridgehead atoms. The monoisotopic (exact) mass is 581 g/mol. The molecule has 0 heterocycles. The number of benzene rings is 2. The largest absolute Gasteiger partial charge is 0.458 e. The van der Waals surface area contributed by atoms with Gasteiger partial charge in [-0.3, -0.25) is 14.4 Å². The summed E-state index contributed by atoms with van der Waals surface area (Å²) in [7, 11) is 0. The third-order valence-electron chi connectivity index (χ3n) is 6.07. The van der Waals surface area contributed by atoms with E-state index in [4.69, 9.17) is 9.47 Å². The highest BCUT2D eigenvalue weighted by molar-refractivity contribution is 6.38. The van der Waals surface area contributed by atoms with Gasteiger partial charge in [0.2, 0.25) is 11.7 Å². The average molecular weight is 582 g/mol. The number of alkyl carbamates (subject to hydrolysis) is 1. The molecule has 0 fully saturated rings. The molecular weight excluding hydrogens is 538 g/mol. The quantitative estimate of drug-likeness (QED) is 0.227. The Balaban J connectivity index is 2.12. The first-order valence-electron chi connectivity index (χ1n) is 14.2. The number of amides is 3. The Morgan fingerprint density at radius 2 is 1.33 bits per heavy atom. The Kier molecular flexibility index (Phi) is 13.2. The summed E-state index contributed by atoms with van der Waals surface area (Å²) in [6.07, 6.45) is -0.305. The molecule has 2 aromatic carbocycles. The molecule has 10 heteroatoms. The van der Waals surface area contributed by atoms with Gasteiger partial charge >= 0.3 is 12.1 Å². The zero-order valence-corrected chi connectivity index (χ0v) is 25.3. The summed E-state index contributed by atoms with van der Waals surface area (Å²) in [4.78, 5) is 64.7. The van der Waals surface area contributed by atoms with Crippen molar-refractivity contribution in [3.05, 3.63) is 71.8 Å². The molecule has 2 rings (SSSR count). The molecule has 0 aromatic heterocycles. The van der Waals surface area contributed by atoms with E-state index in [1.54, 1.807) is 64.1 Å². The van der Waals surface area contributed by atoms with Crippen LogP contribution >= 0.6 is 0 Å². The Hall–Kier alpha value is -4.21. The second kappa shape index (κ2) is 16.3. The zero-order valence-electron chi connectivity index (χ0n) is 25.3. The van der Waals surface area contributed by atoms with Crippen LogP contribution in [0.3, 0.4) is 0 Å². The number of hydrogen-bond donors (Lipinski definition) is 3. The highest BCUT2D eigenvalue weighted by Crippen LogP contribution is 2.13. The number of rotatable bonds is 14. The van der Waals surface area contributed by atoms with Gasteiger partial charge in [-0.05, 0) is 50.7 Å². The van der Waals surface area contributed by atoms with Crippen molar-refractivity contribution in [2.75, 3.05) is 0 Å². The van der Waals surface area contributed by atoms with Crippen LogP contribution in [0.5, 0.6) is 0 Å². The summed E-state index contributed by atoms with van der Waals surface area (Å²) in [5.74, 6) is -3.18. The molecule has 228 valence electrons.